The maximum Gasteiger partial charge on any atom is 0.183 e. The molecule has 0 unspecified atom stereocenters. The largest absolute Gasteiger partial charge is 0.340 e. The highest BCUT2D eigenvalue weighted by Gasteiger charge is 2.07. The highest BCUT2D eigenvalue weighted by atomic mass is 19.1. The van der Waals surface area contributed by atoms with Crippen molar-refractivity contribution in [2.24, 2.45) is 0 Å². The molecule has 3 heterocycles. The van der Waals surface area contributed by atoms with Crippen LogP contribution in [-0.2, 0) is 6.67 Å². The Morgan fingerprint density at radius 1 is 1.05 bits per heavy atom. The molecule has 3 aromatic heterocycles. The Labute approximate surface area is 125 Å². The lowest BCUT2D eigenvalue weighted by Gasteiger charge is -2.07. The average molecular weight is 293 g/mol. The zero-order valence-electron chi connectivity index (χ0n) is 11.5. The van der Waals surface area contributed by atoms with Crippen molar-refractivity contribution in [1.29, 1.82) is 0 Å². The fourth-order valence-corrected chi connectivity index (χ4v) is 2.51. The van der Waals surface area contributed by atoms with E-state index in [1.165, 1.54) is 0 Å². The van der Waals surface area contributed by atoms with E-state index in [0.29, 0.717) is 11.3 Å². The minimum atomic E-state index is -0.568. The Morgan fingerprint density at radius 3 is 2.91 bits per heavy atom. The van der Waals surface area contributed by atoms with Gasteiger partial charge in [-0.1, -0.05) is 6.07 Å². The summed E-state index contributed by atoms with van der Waals surface area (Å²) in [6.45, 7) is -0.568. The number of anilines is 2. The second kappa shape index (κ2) is 5.07. The summed E-state index contributed by atoms with van der Waals surface area (Å²) in [6, 6.07) is 11.4. The molecule has 0 amide bonds. The first-order valence-corrected chi connectivity index (χ1v) is 6.85. The zero-order chi connectivity index (χ0) is 14.9. The van der Waals surface area contributed by atoms with Crippen molar-refractivity contribution in [3.05, 3.63) is 54.5 Å². The SMILES string of the molecule is FCc1nccc2cc(Nc3[nH]nc4ncccc34)ccc12. The number of hydrogen-bond acceptors (Lipinski definition) is 4. The Bertz CT molecular complexity index is 963. The first-order chi connectivity index (χ1) is 10.8. The van der Waals surface area contributed by atoms with Crippen LogP contribution in [0.4, 0.5) is 15.9 Å². The number of H-pyrrole nitrogens is 1. The number of rotatable bonds is 3. The number of hydrogen-bond donors (Lipinski definition) is 2. The second-order valence-corrected chi connectivity index (χ2v) is 4.93. The molecule has 108 valence electrons. The van der Waals surface area contributed by atoms with Gasteiger partial charge in [0.15, 0.2) is 5.65 Å². The molecule has 0 aliphatic carbocycles. The molecule has 5 nitrogen and oxygen atoms in total. The first-order valence-electron chi connectivity index (χ1n) is 6.85. The molecule has 0 radical (unpaired) electrons. The Morgan fingerprint density at radius 2 is 2.00 bits per heavy atom. The molecular weight excluding hydrogens is 281 g/mol. The summed E-state index contributed by atoms with van der Waals surface area (Å²) in [5.74, 6) is 0.780. The molecule has 22 heavy (non-hydrogen) atoms. The van der Waals surface area contributed by atoms with Gasteiger partial charge >= 0.3 is 0 Å². The highest BCUT2D eigenvalue weighted by Crippen LogP contribution is 2.26. The van der Waals surface area contributed by atoms with Gasteiger partial charge in [-0.2, -0.15) is 5.10 Å². The molecule has 2 N–H and O–H groups in total. The molecule has 6 heteroatoms. The number of halogens is 1. The van der Waals surface area contributed by atoms with E-state index < -0.39 is 6.67 Å². The zero-order valence-corrected chi connectivity index (χ0v) is 11.5. The molecule has 0 saturated carbocycles. The van der Waals surface area contributed by atoms with Gasteiger partial charge in [0.1, 0.15) is 12.5 Å². The fraction of sp³-hybridized carbons (Fsp3) is 0.0625. The average Bonchev–Trinajstić information content (AvgIpc) is 2.97. The van der Waals surface area contributed by atoms with Gasteiger partial charge in [0.05, 0.1) is 11.1 Å². The maximum absolute atomic E-state index is 12.9. The molecule has 0 bridgehead atoms. The summed E-state index contributed by atoms with van der Waals surface area (Å²) in [5, 5.41) is 13.1. The number of nitrogens with one attached hydrogen (secondary N) is 2. The van der Waals surface area contributed by atoms with Crippen molar-refractivity contribution in [2.75, 3.05) is 5.32 Å². The van der Waals surface area contributed by atoms with E-state index >= 15 is 0 Å². The van der Waals surface area contributed by atoms with E-state index in [0.717, 1.165) is 27.7 Å². The Kier molecular flexibility index (Phi) is 2.93. The van der Waals surface area contributed by atoms with Gasteiger partial charge in [0, 0.05) is 23.5 Å². The van der Waals surface area contributed by atoms with Gasteiger partial charge in [-0.15, -0.1) is 0 Å². The molecule has 0 saturated heterocycles. The molecule has 0 fully saturated rings. The third kappa shape index (κ3) is 2.05. The van der Waals surface area contributed by atoms with Crippen LogP contribution in [0.15, 0.2) is 48.8 Å². The van der Waals surface area contributed by atoms with E-state index in [1.54, 1.807) is 12.4 Å². The lowest BCUT2D eigenvalue weighted by Crippen LogP contribution is -1.93. The molecule has 0 aliphatic rings. The van der Waals surface area contributed by atoms with E-state index in [2.05, 4.69) is 25.5 Å². The summed E-state index contributed by atoms with van der Waals surface area (Å²) in [4.78, 5) is 8.24. The normalized spacial score (nSPS) is 11.1. The van der Waals surface area contributed by atoms with Crippen LogP contribution < -0.4 is 5.32 Å². The number of aromatic nitrogens is 4. The smallest absolute Gasteiger partial charge is 0.183 e. The monoisotopic (exact) mass is 293 g/mol. The molecule has 4 rings (SSSR count). The van der Waals surface area contributed by atoms with Crippen molar-refractivity contribution in [1.82, 2.24) is 20.2 Å². The van der Waals surface area contributed by atoms with Crippen LogP contribution in [-0.4, -0.2) is 20.2 Å². The van der Waals surface area contributed by atoms with Gasteiger partial charge in [0.25, 0.3) is 0 Å². The minimum Gasteiger partial charge on any atom is -0.340 e. The summed E-state index contributed by atoms with van der Waals surface area (Å²) in [7, 11) is 0. The maximum atomic E-state index is 12.9. The predicted molar refractivity (Wildman–Crippen MR) is 83.7 cm³/mol. The molecule has 0 spiro atoms. The molecule has 0 atom stereocenters. The lowest BCUT2D eigenvalue weighted by atomic mass is 10.1. The lowest BCUT2D eigenvalue weighted by molar-refractivity contribution is 0.479. The van der Waals surface area contributed by atoms with Crippen molar-refractivity contribution < 1.29 is 4.39 Å². The van der Waals surface area contributed by atoms with Crippen molar-refractivity contribution in [3.63, 3.8) is 0 Å². The van der Waals surface area contributed by atoms with Crippen LogP contribution in [0.2, 0.25) is 0 Å². The third-order valence-electron chi connectivity index (χ3n) is 3.57. The van der Waals surface area contributed by atoms with Gasteiger partial charge in [0.2, 0.25) is 0 Å². The predicted octanol–water partition coefficient (Wildman–Crippen LogP) is 3.72. The second-order valence-electron chi connectivity index (χ2n) is 4.93. The summed E-state index contributed by atoms with van der Waals surface area (Å²) < 4.78 is 12.9. The number of fused-ring (bicyclic) bond motifs is 2. The fourth-order valence-electron chi connectivity index (χ4n) is 2.51. The minimum absolute atomic E-state index is 0.459. The van der Waals surface area contributed by atoms with Crippen LogP contribution in [0.3, 0.4) is 0 Å². The van der Waals surface area contributed by atoms with Gasteiger partial charge < -0.3 is 5.32 Å². The van der Waals surface area contributed by atoms with Crippen LogP contribution in [0.5, 0.6) is 0 Å². The molecule has 0 aliphatic heterocycles. The Hall–Kier alpha value is -3.02. The van der Waals surface area contributed by atoms with Crippen molar-refractivity contribution >= 4 is 33.3 Å². The van der Waals surface area contributed by atoms with Crippen LogP contribution in [0.25, 0.3) is 21.8 Å². The third-order valence-corrected chi connectivity index (χ3v) is 3.57. The van der Waals surface area contributed by atoms with E-state index in [4.69, 9.17) is 0 Å². The molecule has 4 aromatic rings. The Balaban J connectivity index is 1.75. The number of nitrogens with zero attached hydrogens (tertiary/aromatic N) is 3. The van der Waals surface area contributed by atoms with Gasteiger partial charge in [-0.05, 0) is 35.7 Å². The van der Waals surface area contributed by atoms with Gasteiger partial charge in [-0.25, -0.2) is 9.37 Å². The van der Waals surface area contributed by atoms with Crippen LogP contribution >= 0.6 is 0 Å². The summed E-state index contributed by atoms with van der Waals surface area (Å²) in [5.41, 5.74) is 2.01. The van der Waals surface area contributed by atoms with Crippen LogP contribution in [0.1, 0.15) is 5.69 Å². The number of benzene rings is 1. The summed E-state index contributed by atoms with van der Waals surface area (Å²) >= 11 is 0. The highest BCUT2D eigenvalue weighted by molar-refractivity contribution is 5.92. The van der Waals surface area contributed by atoms with Crippen LogP contribution in [0, 0.1) is 0 Å². The van der Waals surface area contributed by atoms with E-state index in [-0.39, 0.29) is 0 Å². The van der Waals surface area contributed by atoms with E-state index in [9.17, 15) is 4.39 Å². The van der Waals surface area contributed by atoms with E-state index in [1.807, 2.05) is 36.4 Å². The topological polar surface area (TPSA) is 66.5 Å². The quantitative estimate of drug-likeness (QED) is 0.604. The number of alkyl halides is 1. The molecule has 1 aromatic carbocycles. The summed E-state index contributed by atoms with van der Waals surface area (Å²) in [6.07, 6.45) is 3.32. The van der Waals surface area contributed by atoms with Crippen molar-refractivity contribution in [2.45, 2.75) is 6.67 Å². The standard InChI is InChI=1S/C16H12FN5/c17-9-14-12-4-3-11(8-10(12)5-7-18-14)20-16-13-2-1-6-19-15(13)21-22-16/h1-8H,9H2,(H2,19,20,21,22). The molecular formula is C16H12FN5. The number of aromatic amines is 1. The van der Waals surface area contributed by atoms with Crippen molar-refractivity contribution in [3.8, 4) is 0 Å². The first kappa shape index (κ1) is 12.7. The number of pyridine rings is 2. The van der Waals surface area contributed by atoms with Gasteiger partial charge in [-0.3, -0.25) is 10.1 Å².